The first kappa shape index (κ1) is 22.9. The van der Waals surface area contributed by atoms with Gasteiger partial charge in [-0.1, -0.05) is 13.8 Å². The molecule has 0 aromatic carbocycles. The lowest BCUT2D eigenvalue weighted by Gasteiger charge is -2.57. The molecule has 4 fully saturated rings. The summed E-state index contributed by atoms with van der Waals surface area (Å²) in [5.74, 6) is 0.0859. The van der Waals surface area contributed by atoms with E-state index in [-0.39, 0.29) is 17.3 Å². The van der Waals surface area contributed by atoms with Crippen molar-refractivity contribution in [2.24, 2.45) is 46.8 Å². The summed E-state index contributed by atoms with van der Waals surface area (Å²) in [6.45, 7) is 5.48. The van der Waals surface area contributed by atoms with Gasteiger partial charge in [0.1, 0.15) is 6.10 Å². The molecule has 0 saturated heterocycles. The summed E-state index contributed by atoms with van der Waals surface area (Å²) in [5, 5.41) is 21.2. The van der Waals surface area contributed by atoms with Crippen LogP contribution in [0.1, 0.15) is 78.6 Å². The molecule has 0 aromatic heterocycles. The minimum Gasteiger partial charge on any atom is -0.387 e. The molecule has 2 N–H and O–H groups in total. The van der Waals surface area contributed by atoms with Crippen molar-refractivity contribution in [3.63, 3.8) is 0 Å². The summed E-state index contributed by atoms with van der Waals surface area (Å²) in [5.41, 5.74) is -0.577. The van der Waals surface area contributed by atoms with E-state index in [1.165, 1.54) is 19.3 Å². The van der Waals surface area contributed by atoms with Gasteiger partial charge in [-0.2, -0.15) is 0 Å². The Morgan fingerprint density at radius 1 is 1.03 bits per heavy atom. The van der Waals surface area contributed by atoms with E-state index in [0.29, 0.717) is 30.3 Å². The fraction of sp³-hybridized carbons (Fsp3) is 1.00. The molecule has 0 aromatic rings. The van der Waals surface area contributed by atoms with Gasteiger partial charge >= 0.3 is 0 Å². The summed E-state index contributed by atoms with van der Waals surface area (Å²) in [7, 11) is 1.67. The first-order valence-corrected chi connectivity index (χ1v) is 12.3. The van der Waals surface area contributed by atoms with Crippen LogP contribution in [-0.2, 0) is 4.74 Å². The second-order valence-corrected chi connectivity index (χ2v) is 11.8. The highest BCUT2D eigenvalue weighted by atomic mass is 19.3. The minimum absolute atomic E-state index is 0.0745. The van der Waals surface area contributed by atoms with Crippen LogP contribution < -0.4 is 0 Å². The molecule has 0 aliphatic heterocycles. The van der Waals surface area contributed by atoms with Crippen molar-refractivity contribution < 1.29 is 23.7 Å². The Bertz CT molecular complexity index is 622. The zero-order valence-electron chi connectivity index (χ0n) is 19.2. The average molecular weight is 429 g/mol. The predicted molar refractivity (Wildman–Crippen MR) is 113 cm³/mol. The first-order valence-electron chi connectivity index (χ1n) is 12.3. The van der Waals surface area contributed by atoms with E-state index in [1.807, 2.05) is 6.92 Å². The van der Waals surface area contributed by atoms with Gasteiger partial charge in [0, 0.05) is 14.0 Å². The van der Waals surface area contributed by atoms with Gasteiger partial charge in [-0.3, -0.25) is 0 Å². The molecule has 4 aliphatic rings. The van der Waals surface area contributed by atoms with Crippen LogP contribution in [0.5, 0.6) is 0 Å². The number of rotatable bonds is 5. The van der Waals surface area contributed by atoms with E-state index in [0.717, 1.165) is 51.4 Å². The Morgan fingerprint density at radius 3 is 2.40 bits per heavy atom. The molecule has 10 atom stereocenters. The number of aliphatic hydroxyl groups is 2. The van der Waals surface area contributed by atoms with Crippen LogP contribution in [0, 0.1) is 46.8 Å². The molecule has 3 nitrogen and oxygen atoms in total. The standard InChI is InChI=1S/C25H42F2O3/c1-15(22(28)24(3,26)27)20-7-8-21-19-6-5-16-13-25(29,14-30-4)12-10-17(16)18(19)9-11-23(20,21)2/h15-22,28-29H,5-14H2,1-4H3/t15-,16+,17-,18+,19+,20+,21-,22+,23+,25-/m0/s1. The predicted octanol–water partition coefficient (Wildman–Crippen LogP) is 5.28. The molecule has 0 radical (unpaired) electrons. The summed E-state index contributed by atoms with van der Waals surface area (Å²) < 4.78 is 33.0. The Morgan fingerprint density at radius 2 is 1.73 bits per heavy atom. The van der Waals surface area contributed by atoms with E-state index in [2.05, 4.69) is 6.92 Å². The maximum atomic E-state index is 13.9. The molecule has 0 spiro atoms. The second-order valence-electron chi connectivity index (χ2n) is 11.8. The number of methoxy groups -OCH3 is 1. The third-order valence-corrected chi connectivity index (χ3v) is 10.2. The quantitative estimate of drug-likeness (QED) is 0.626. The number of hydrogen-bond acceptors (Lipinski definition) is 3. The highest BCUT2D eigenvalue weighted by molar-refractivity contribution is 5.08. The van der Waals surface area contributed by atoms with Crippen molar-refractivity contribution in [2.45, 2.75) is 96.2 Å². The topological polar surface area (TPSA) is 49.7 Å². The van der Waals surface area contributed by atoms with Crippen LogP contribution >= 0.6 is 0 Å². The summed E-state index contributed by atoms with van der Waals surface area (Å²) in [6, 6.07) is 0. The zero-order valence-corrected chi connectivity index (χ0v) is 19.2. The van der Waals surface area contributed by atoms with Crippen LogP contribution in [0.15, 0.2) is 0 Å². The van der Waals surface area contributed by atoms with Gasteiger partial charge in [0.15, 0.2) is 0 Å². The maximum Gasteiger partial charge on any atom is 0.270 e. The summed E-state index contributed by atoms with van der Waals surface area (Å²) in [4.78, 5) is 0. The molecule has 5 heteroatoms. The van der Waals surface area contributed by atoms with Gasteiger partial charge in [0.05, 0.1) is 12.2 Å². The molecular weight excluding hydrogens is 386 g/mol. The Balaban J connectivity index is 1.48. The Labute approximate surface area is 181 Å². The van der Waals surface area contributed by atoms with Gasteiger partial charge in [-0.15, -0.1) is 0 Å². The fourth-order valence-corrected chi connectivity index (χ4v) is 8.95. The molecule has 4 aliphatic carbocycles. The van der Waals surface area contributed by atoms with Crippen molar-refractivity contribution in [1.29, 1.82) is 0 Å². The zero-order chi connectivity index (χ0) is 21.9. The first-order chi connectivity index (χ1) is 14.0. The van der Waals surface area contributed by atoms with Crippen LogP contribution in [-0.4, -0.2) is 41.6 Å². The molecule has 0 bridgehead atoms. The summed E-state index contributed by atoms with van der Waals surface area (Å²) >= 11 is 0. The van der Waals surface area contributed by atoms with Crippen molar-refractivity contribution in [1.82, 2.24) is 0 Å². The van der Waals surface area contributed by atoms with Crippen molar-refractivity contribution in [3.05, 3.63) is 0 Å². The van der Waals surface area contributed by atoms with E-state index >= 15 is 0 Å². The smallest absolute Gasteiger partial charge is 0.270 e. The van der Waals surface area contributed by atoms with E-state index in [1.54, 1.807) is 7.11 Å². The molecule has 0 heterocycles. The summed E-state index contributed by atoms with van der Waals surface area (Å²) in [6.07, 6.45) is 8.02. The largest absolute Gasteiger partial charge is 0.387 e. The third-order valence-electron chi connectivity index (χ3n) is 10.2. The monoisotopic (exact) mass is 428 g/mol. The van der Waals surface area contributed by atoms with Crippen molar-refractivity contribution in [2.75, 3.05) is 13.7 Å². The molecule has 174 valence electrons. The number of fused-ring (bicyclic) bond motifs is 5. The van der Waals surface area contributed by atoms with Crippen LogP contribution in [0.25, 0.3) is 0 Å². The van der Waals surface area contributed by atoms with E-state index in [9.17, 15) is 19.0 Å². The molecular formula is C25H42F2O3. The fourth-order valence-electron chi connectivity index (χ4n) is 8.95. The number of halogens is 2. The Hall–Kier alpha value is -0.260. The van der Waals surface area contributed by atoms with Crippen LogP contribution in [0.4, 0.5) is 8.78 Å². The number of aliphatic hydroxyl groups excluding tert-OH is 1. The second kappa shape index (κ2) is 7.95. The lowest BCUT2D eigenvalue weighted by molar-refractivity contribution is -0.147. The lowest BCUT2D eigenvalue weighted by Crippen LogP contribution is -2.53. The van der Waals surface area contributed by atoms with Crippen LogP contribution in [0.3, 0.4) is 0 Å². The highest BCUT2D eigenvalue weighted by Gasteiger charge is 2.59. The number of hydrogen-bond donors (Lipinski definition) is 2. The van der Waals surface area contributed by atoms with Gasteiger partial charge < -0.3 is 14.9 Å². The molecule has 0 amide bonds. The third kappa shape index (κ3) is 3.75. The minimum atomic E-state index is -3.04. The van der Waals surface area contributed by atoms with Crippen LogP contribution in [0.2, 0.25) is 0 Å². The molecule has 0 unspecified atom stereocenters. The van der Waals surface area contributed by atoms with Gasteiger partial charge in [0.2, 0.25) is 0 Å². The Kier molecular flexibility index (Phi) is 6.07. The van der Waals surface area contributed by atoms with Gasteiger partial charge in [0.25, 0.3) is 5.92 Å². The molecule has 30 heavy (non-hydrogen) atoms. The average Bonchev–Trinajstić information content (AvgIpc) is 3.03. The highest BCUT2D eigenvalue weighted by Crippen LogP contribution is 2.66. The molecule has 4 rings (SSSR count). The van der Waals surface area contributed by atoms with Gasteiger partial charge in [-0.05, 0) is 105 Å². The maximum absolute atomic E-state index is 13.9. The number of ether oxygens (including phenoxy) is 1. The normalized spacial score (nSPS) is 48.4. The molecule has 4 saturated carbocycles. The SMILES string of the molecule is COC[C@]1(O)CC[C@H]2[C@H](CC[C@@H]3[C@@H]2CC[C@]2(C)[C@@H]([C@H](C)[C@@H](O)C(C)(F)F)CC[C@@H]32)C1. The lowest BCUT2D eigenvalue weighted by atomic mass is 9.48. The number of alkyl halides is 2. The van der Waals surface area contributed by atoms with E-state index < -0.39 is 17.6 Å². The van der Waals surface area contributed by atoms with Crippen molar-refractivity contribution >= 4 is 0 Å². The van der Waals surface area contributed by atoms with Gasteiger partial charge in [-0.25, -0.2) is 8.78 Å². The van der Waals surface area contributed by atoms with Crippen molar-refractivity contribution in [3.8, 4) is 0 Å². The van der Waals surface area contributed by atoms with E-state index in [4.69, 9.17) is 4.74 Å².